The van der Waals surface area contributed by atoms with Crippen LogP contribution in [0.25, 0.3) is 0 Å². The number of amides is 2. The average Bonchev–Trinajstić information content (AvgIpc) is 3.22. The Morgan fingerprint density at radius 2 is 1.71 bits per heavy atom. The number of Topliss-reactive ketones (excluding diaryl/α,β-unsaturated/α-hetero) is 1. The highest BCUT2D eigenvalue weighted by Crippen LogP contribution is 2.29. The maximum absolute atomic E-state index is 12.9. The SMILES string of the molecule is CC(=O)c1cccc(OCC(=O)Nc2ccc(C(=O)N3CCc4ccccc43)cc2)c1. The van der Waals surface area contributed by atoms with Crippen molar-refractivity contribution in [2.45, 2.75) is 13.3 Å². The van der Waals surface area contributed by atoms with Crippen LogP contribution in [-0.2, 0) is 11.2 Å². The molecule has 0 bridgehead atoms. The number of rotatable bonds is 6. The van der Waals surface area contributed by atoms with Crippen LogP contribution in [0.2, 0.25) is 0 Å². The Morgan fingerprint density at radius 3 is 2.48 bits per heavy atom. The Labute approximate surface area is 180 Å². The lowest BCUT2D eigenvalue weighted by Crippen LogP contribution is -2.28. The van der Waals surface area contributed by atoms with Crippen LogP contribution in [0, 0.1) is 0 Å². The summed E-state index contributed by atoms with van der Waals surface area (Å²) in [5.74, 6) is -0.00562. The zero-order valence-electron chi connectivity index (χ0n) is 17.1. The zero-order valence-corrected chi connectivity index (χ0v) is 17.1. The predicted octanol–water partition coefficient (Wildman–Crippen LogP) is 4.11. The highest BCUT2D eigenvalue weighted by atomic mass is 16.5. The Bertz CT molecular complexity index is 1140. The minimum Gasteiger partial charge on any atom is -0.484 e. The third kappa shape index (κ3) is 4.64. The van der Waals surface area contributed by atoms with Crippen LogP contribution in [0.15, 0.2) is 72.8 Å². The molecule has 3 aromatic carbocycles. The van der Waals surface area contributed by atoms with E-state index in [1.54, 1.807) is 53.4 Å². The van der Waals surface area contributed by atoms with E-state index in [2.05, 4.69) is 5.32 Å². The Balaban J connectivity index is 1.34. The number of anilines is 2. The molecule has 1 N–H and O–H groups in total. The molecule has 1 aliphatic rings. The molecule has 1 aliphatic heterocycles. The molecule has 2 amide bonds. The van der Waals surface area contributed by atoms with Gasteiger partial charge in [-0.2, -0.15) is 0 Å². The van der Waals surface area contributed by atoms with E-state index in [0.29, 0.717) is 29.1 Å². The van der Waals surface area contributed by atoms with Gasteiger partial charge in [0.25, 0.3) is 11.8 Å². The second-order valence-corrected chi connectivity index (χ2v) is 7.33. The van der Waals surface area contributed by atoms with E-state index in [1.165, 1.54) is 12.5 Å². The van der Waals surface area contributed by atoms with Crippen molar-refractivity contribution < 1.29 is 19.1 Å². The predicted molar refractivity (Wildman–Crippen MR) is 119 cm³/mol. The normalized spacial score (nSPS) is 12.2. The van der Waals surface area contributed by atoms with E-state index in [0.717, 1.165) is 12.1 Å². The summed E-state index contributed by atoms with van der Waals surface area (Å²) >= 11 is 0. The van der Waals surface area contributed by atoms with Crippen molar-refractivity contribution >= 4 is 29.0 Å². The summed E-state index contributed by atoms with van der Waals surface area (Å²) in [6, 6.07) is 21.4. The fourth-order valence-electron chi connectivity index (χ4n) is 3.55. The van der Waals surface area contributed by atoms with Gasteiger partial charge in [-0.05, 0) is 61.4 Å². The second-order valence-electron chi connectivity index (χ2n) is 7.33. The van der Waals surface area contributed by atoms with Crippen LogP contribution in [0.4, 0.5) is 11.4 Å². The van der Waals surface area contributed by atoms with E-state index in [1.807, 2.05) is 24.3 Å². The maximum atomic E-state index is 12.9. The van der Waals surface area contributed by atoms with Gasteiger partial charge in [0, 0.05) is 29.0 Å². The number of nitrogens with one attached hydrogen (secondary N) is 1. The zero-order chi connectivity index (χ0) is 21.8. The number of ether oxygens (including phenoxy) is 1. The molecule has 0 saturated carbocycles. The molecule has 0 atom stereocenters. The number of carbonyl (C=O) groups is 3. The number of hydrogen-bond donors (Lipinski definition) is 1. The average molecular weight is 414 g/mol. The molecule has 6 heteroatoms. The Morgan fingerprint density at radius 1 is 0.935 bits per heavy atom. The summed E-state index contributed by atoms with van der Waals surface area (Å²) in [6.07, 6.45) is 0.853. The van der Waals surface area contributed by atoms with Gasteiger partial charge in [0.15, 0.2) is 12.4 Å². The lowest BCUT2D eigenvalue weighted by molar-refractivity contribution is -0.118. The molecule has 4 rings (SSSR count). The molecular formula is C25H22N2O4. The largest absolute Gasteiger partial charge is 0.484 e. The van der Waals surface area contributed by atoms with E-state index in [4.69, 9.17) is 4.74 Å². The van der Waals surface area contributed by atoms with Gasteiger partial charge < -0.3 is 15.0 Å². The van der Waals surface area contributed by atoms with Crippen LogP contribution in [-0.4, -0.2) is 30.7 Å². The molecule has 1 heterocycles. The highest BCUT2D eigenvalue weighted by Gasteiger charge is 2.25. The number of carbonyl (C=O) groups excluding carboxylic acids is 3. The maximum Gasteiger partial charge on any atom is 0.262 e. The van der Waals surface area contributed by atoms with Gasteiger partial charge in [0.2, 0.25) is 0 Å². The van der Waals surface area contributed by atoms with Crippen LogP contribution in [0.3, 0.4) is 0 Å². The first-order valence-electron chi connectivity index (χ1n) is 10.0. The van der Waals surface area contributed by atoms with Gasteiger partial charge in [0.05, 0.1) is 0 Å². The van der Waals surface area contributed by atoms with E-state index < -0.39 is 0 Å². The fraction of sp³-hybridized carbons (Fsp3) is 0.160. The van der Waals surface area contributed by atoms with Crippen LogP contribution in [0.1, 0.15) is 33.2 Å². The highest BCUT2D eigenvalue weighted by molar-refractivity contribution is 6.07. The van der Waals surface area contributed by atoms with Gasteiger partial charge in [-0.3, -0.25) is 14.4 Å². The van der Waals surface area contributed by atoms with Crippen molar-refractivity contribution in [2.75, 3.05) is 23.4 Å². The van der Waals surface area contributed by atoms with Gasteiger partial charge in [-0.15, -0.1) is 0 Å². The van der Waals surface area contributed by atoms with Crippen LogP contribution in [0.5, 0.6) is 5.75 Å². The number of ketones is 1. The molecule has 0 aromatic heterocycles. The number of hydrogen-bond acceptors (Lipinski definition) is 4. The van der Waals surface area contributed by atoms with Crippen molar-refractivity contribution in [3.63, 3.8) is 0 Å². The minimum absolute atomic E-state index is 0.0588. The molecule has 0 saturated heterocycles. The van der Waals surface area contributed by atoms with Crippen molar-refractivity contribution in [1.29, 1.82) is 0 Å². The molecular weight excluding hydrogens is 392 g/mol. The lowest BCUT2D eigenvalue weighted by atomic mass is 10.1. The minimum atomic E-state index is -0.333. The summed E-state index contributed by atoms with van der Waals surface area (Å²) in [4.78, 5) is 38.3. The first-order valence-corrected chi connectivity index (χ1v) is 10.0. The van der Waals surface area contributed by atoms with E-state index in [9.17, 15) is 14.4 Å². The molecule has 0 radical (unpaired) electrons. The lowest BCUT2D eigenvalue weighted by Gasteiger charge is -2.17. The number of para-hydroxylation sites is 1. The van der Waals surface area contributed by atoms with Crippen molar-refractivity contribution in [3.05, 3.63) is 89.5 Å². The Kier molecular flexibility index (Phi) is 5.80. The smallest absolute Gasteiger partial charge is 0.262 e. The number of fused-ring (bicyclic) bond motifs is 1. The number of nitrogens with zero attached hydrogens (tertiary/aromatic N) is 1. The summed E-state index contributed by atoms with van der Waals surface area (Å²) in [6.45, 7) is 1.95. The molecule has 0 aliphatic carbocycles. The van der Waals surface area contributed by atoms with Crippen molar-refractivity contribution in [3.8, 4) is 5.75 Å². The van der Waals surface area contributed by atoms with Crippen molar-refractivity contribution in [2.24, 2.45) is 0 Å². The third-order valence-corrected chi connectivity index (χ3v) is 5.16. The van der Waals surface area contributed by atoms with Crippen molar-refractivity contribution in [1.82, 2.24) is 0 Å². The number of benzene rings is 3. The monoisotopic (exact) mass is 414 g/mol. The first-order chi connectivity index (χ1) is 15.0. The third-order valence-electron chi connectivity index (χ3n) is 5.16. The van der Waals surface area contributed by atoms with E-state index in [-0.39, 0.29) is 24.2 Å². The van der Waals surface area contributed by atoms with Gasteiger partial charge in [-0.25, -0.2) is 0 Å². The topological polar surface area (TPSA) is 75.7 Å². The fourth-order valence-corrected chi connectivity index (χ4v) is 3.55. The summed E-state index contributed by atoms with van der Waals surface area (Å²) in [5.41, 5.74) is 3.79. The standard InChI is InChI=1S/C25H22N2O4/c1-17(28)20-6-4-7-22(15-20)31-16-24(29)26-21-11-9-19(10-12-21)25(30)27-14-13-18-5-2-3-8-23(18)27/h2-12,15H,13-14,16H2,1H3,(H,26,29). The molecule has 3 aromatic rings. The molecule has 6 nitrogen and oxygen atoms in total. The molecule has 0 fully saturated rings. The van der Waals surface area contributed by atoms with Gasteiger partial charge in [0.1, 0.15) is 5.75 Å². The molecule has 31 heavy (non-hydrogen) atoms. The van der Waals surface area contributed by atoms with Gasteiger partial charge in [-0.1, -0.05) is 30.3 Å². The van der Waals surface area contributed by atoms with Crippen LogP contribution >= 0.6 is 0 Å². The molecule has 0 unspecified atom stereocenters. The van der Waals surface area contributed by atoms with Gasteiger partial charge >= 0.3 is 0 Å². The van der Waals surface area contributed by atoms with E-state index >= 15 is 0 Å². The summed E-state index contributed by atoms with van der Waals surface area (Å²) in [5, 5.41) is 2.75. The second kappa shape index (κ2) is 8.83. The molecule has 156 valence electrons. The quantitative estimate of drug-likeness (QED) is 0.616. The first kappa shape index (κ1) is 20.3. The Hall–Kier alpha value is -3.93. The summed E-state index contributed by atoms with van der Waals surface area (Å²) in [7, 11) is 0. The summed E-state index contributed by atoms with van der Waals surface area (Å²) < 4.78 is 5.47. The van der Waals surface area contributed by atoms with Crippen LogP contribution < -0.4 is 15.0 Å². The molecule has 0 spiro atoms.